The number of benzene rings is 1. The Kier molecular flexibility index (Phi) is 3.65. The van der Waals surface area contributed by atoms with Crippen molar-refractivity contribution in [1.82, 2.24) is 20.2 Å². The van der Waals surface area contributed by atoms with E-state index in [1.165, 1.54) is 0 Å². The van der Waals surface area contributed by atoms with Crippen LogP contribution in [0.3, 0.4) is 0 Å². The molecule has 0 amide bonds. The Balaban J connectivity index is 2.53. The molecular weight excluding hydrogens is 254 g/mol. The lowest BCUT2D eigenvalue weighted by molar-refractivity contribution is 0.243. The van der Waals surface area contributed by atoms with Crippen LogP contribution in [0.15, 0.2) is 18.2 Å². The number of tetrazole rings is 1. The number of nitrogen functional groups attached to an aromatic ring is 1. The highest BCUT2D eigenvalue weighted by Gasteiger charge is 2.26. The fraction of sp³-hybridized carbons (Fsp3) is 0.500. The second kappa shape index (κ2) is 5.11. The van der Waals surface area contributed by atoms with Gasteiger partial charge in [0, 0.05) is 11.8 Å². The van der Waals surface area contributed by atoms with Crippen LogP contribution in [0.1, 0.15) is 33.7 Å². The first-order chi connectivity index (χ1) is 9.34. The summed E-state index contributed by atoms with van der Waals surface area (Å²) in [7, 11) is 1.61. The number of hydrogen-bond acceptors (Lipinski definition) is 5. The normalized spacial score (nSPS) is 13.2. The summed E-state index contributed by atoms with van der Waals surface area (Å²) in [6, 6.07) is 5.62. The third kappa shape index (κ3) is 2.59. The van der Waals surface area contributed by atoms with Crippen molar-refractivity contribution < 1.29 is 4.74 Å². The minimum Gasteiger partial charge on any atom is -0.496 e. The van der Waals surface area contributed by atoms with Gasteiger partial charge < -0.3 is 10.5 Å². The molecule has 6 nitrogen and oxygen atoms in total. The number of rotatable bonds is 3. The number of ether oxygens (including phenoxy) is 1. The minimum absolute atomic E-state index is 0.0468. The molecule has 2 aromatic rings. The largest absolute Gasteiger partial charge is 0.496 e. The first-order valence-electron chi connectivity index (χ1n) is 6.56. The van der Waals surface area contributed by atoms with Gasteiger partial charge in [-0.1, -0.05) is 20.8 Å². The van der Waals surface area contributed by atoms with Crippen molar-refractivity contribution in [2.75, 3.05) is 12.8 Å². The smallest absolute Gasteiger partial charge is 0.186 e. The van der Waals surface area contributed by atoms with E-state index in [-0.39, 0.29) is 11.5 Å². The molecule has 0 fully saturated rings. The Bertz CT molecular complexity index is 600. The third-order valence-electron chi connectivity index (χ3n) is 3.58. The van der Waals surface area contributed by atoms with Crippen LogP contribution in [-0.2, 0) is 0 Å². The molecular formula is C14H21N5O. The van der Waals surface area contributed by atoms with Crippen molar-refractivity contribution in [3.63, 3.8) is 0 Å². The quantitative estimate of drug-likeness (QED) is 0.871. The van der Waals surface area contributed by atoms with Gasteiger partial charge in [0.25, 0.3) is 0 Å². The zero-order chi connectivity index (χ0) is 14.9. The number of nitrogens with zero attached hydrogens (tertiary/aromatic N) is 4. The molecule has 2 N–H and O–H groups in total. The van der Waals surface area contributed by atoms with E-state index in [1.807, 2.05) is 16.8 Å². The molecule has 0 aliphatic rings. The van der Waals surface area contributed by atoms with Gasteiger partial charge in [-0.05, 0) is 34.9 Å². The summed E-state index contributed by atoms with van der Waals surface area (Å²) in [6.07, 6.45) is 0. The molecule has 0 radical (unpaired) electrons. The van der Waals surface area contributed by atoms with Crippen molar-refractivity contribution in [2.45, 2.75) is 33.7 Å². The number of methoxy groups -OCH3 is 1. The summed E-state index contributed by atoms with van der Waals surface area (Å²) in [5.41, 5.74) is 7.31. The zero-order valence-electron chi connectivity index (χ0n) is 12.6. The van der Waals surface area contributed by atoms with Crippen LogP contribution < -0.4 is 10.5 Å². The Morgan fingerprint density at radius 1 is 1.30 bits per heavy atom. The van der Waals surface area contributed by atoms with Crippen molar-refractivity contribution in [3.05, 3.63) is 18.2 Å². The lowest BCUT2D eigenvalue weighted by Gasteiger charge is -2.27. The highest BCUT2D eigenvalue weighted by Crippen LogP contribution is 2.35. The molecule has 0 bridgehead atoms. The van der Waals surface area contributed by atoms with Crippen LogP contribution >= 0.6 is 0 Å². The third-order valence-corrected chi connectivity index (χ3v) is 3.58. The second-order valence-electron chi connectivity index (χ2n) is 5.95. The molecule has 0 saturated carbocycles. The van der Waals surface area contributed by atoms with Gasteiger partial charge in [0.05, 0.1) is 18.7 Å². The summed E-state index contributed by atoms with van der Waals surface area (Å²) in [5.74, 6) is 1.35. The van der Waals surface area contributed by atoms with Gasteiger partial charge in [-0.25, -0.2) is 4.68 Å². The summed E-state index contributed by atoms with van der Waals surface area (Å²) < 4.78 is 7.21. The van der Waals surface area contributed by atoms with Crippen LogP contribution in [-0.4, -0.2) is 27.3 Å². The molecule has 1 aromatic carbocycles. The number of hydrogen-bond donors (Lipinski definition) is 1. The van der Waals surface area contributed by atoms with Crippen LogP contribution in [0.2, 0.25) is 0 Å². The molecule has 0 aliphatic carbocycles. The van der Waals surface area contributed by atoms with E-state index in [9.17, 15) is 0 Å². The first-order valence-corrected chi connectivity index (χ1v) is 6.56. The fourth-order valence-electron chi connectivity index (χ4n) is 1.89. The van der Waals surface area contributed by atoms with Gasteiger partial charge in [0.15, 0.2) is 5.82 Å². The maximum absolute atomic E-state index is 5.79. The Hall–Kier alpha value is -2.11. The lowest BCUT2D eigenvalue weighted by Crippen LogP contribution is -2.23. The first kappa shape index (κ1) is 14.3. The van der Waals surface area contributed by atoms with E-state index in [4.69, 9.17) is 10.5 Å². The number of anilines is 1. The lowest BCUT2D eigenvalue weighted by atomic mass is 9.88. The summed E-state index contributed by atoms with van der Waals surface area (Å²) in [4.78, 5) is 0. The molecule has 1 unspecified atom stereocenters. The molecule has 6 heteroatoms. The second-order valence-corrected chi connectivity index (χ2v) is 5.95. The highest BCUT2D eigenvalue weighted by atomic mass is 16.5. The van der Waals surface area contributed by atoms with E-state index in [0.717, 1.165) is 5.56 Å². The van der Waals surface area contributed by atoms with Gasteiger partial charge >= 0.3 is 0 Å². The van der Waals surface area contributed by atoms with Crippen molar-refractivity contribution in [2.24, 2.45) is 5.41 Å². The van der Waals surface area contributed by atoms with E-state index < -0.39 is 0 Å². The van der Waals surface area contributed by atoms with Gasteiger partial charge in [-0.15, -0.1) is 5.10 Å². The Labute approximate surface area is 118 Å². The minimum atomic E-state index is 0.0468. The summed E-state index contributed by atoms with van der Waals surface area (Å²) >= 11 is 0. The van der Waals surface area contributed by atoms with E-state index >= 15 is 0 Å². The summed E-state index contributed by atoms with van der Waals surface area (Å²) in [6.45, 7) is 8.57. The molecule has 0 saturated heterocycles. The van der Waals surface area contributed by atoms with Crippen LogP contribution in [0.4, 0.5) is 5.69 Å². The molecule has 2 rings (SSSR count). The Morgan fingerprint density at radius 2 is 2.00 bits per heavy atom. The van der Waals surface area contributed by atoms with E-state index in [0.29, 0.717) is 17.3 Å². The number of nitrogens with two attached hydrogens (primary N) is 1. The van der Waals surface area contributed by atoms with E-state index in [1.54, 1.807) is 13.2 Å². The summed E-state index contributed by atoms with van der Waals surface area (Å²) in [5, 5.41) is 12.1. The van der Waals surface area contributed by atoms with E-state index in [2.05, 4.69) is 43.2 Å². The topological polar surface area (TPSA) is 78.8 Å². The van der Waals surface area contributed by atoms with Gasteiger partial charge in [0.1, 0.15) is 5.75 Å². The molecule has 0 spiro atoms. The van der Waals surface area contributed by atoms with Gasteiger partial charge in [-0.3, -0.25) is 0 Å². The maximum atomic E-state index is 5.79. The monoisotopic (exact) mass is 275 g/mol. The van der Waals surface area contributed by atoms with Gasteiger partial charge in [0.2, 0.25) is 0 Å². The molecule has 1 aromatic heterocycles. The average molecular weight is 275 g/mol. The SMILES string of the molecule is COc1cc(N)ccc1-c1nnnn1C(C)C(C)(C)C. The molecule has 108 valence electrons. The zero-order valence-corrected chi connectivity index (χ0v) is 12.6. The van der Waals surface area contributed by atoms with Crippen LogP contribution in [0.5, 0.6) is 5.75 Å². The van der Waals surface area contributed by atoms with Crippen molar-refractivity contribution in [3.8, 4) is 17.1 Å². The van der Waals surface area contributed by atoms with Crippen LogP contribution in [0, 0.1) is 5.41 Å². The highest BCUT2D eigenvalue weighted by molar-refractivity contribution is 5.67. The van der Waals surface area contributed by atoms with Crippen molar-refractivity contribution >= 4 is 5.69 Å². The molecule has 1 heterocycles. The predicted octanol–water partition coefficient (Wildman–Crippen LogP) is 2.54. The van der Waals surface area contributed by atoms with Gasteiger partial charge in [-0.2, -0.15) is 0 Å². The van der Waals surface area contributed by atoms with Crippen molar-refractivity contribution in [1.29, 1.82) is 0 Å². The molecule has 0 aliphatic heterocycles. The molecule has 1 atom stereocenters. The maximum Gasteiger partial charge on any atom is 0.186 e. The fourth-order valence-corrected chi connectivity index (χ4v) is 1.89. The predicted molar refractivity (Wildman–Crippen MR) is 78.4 cm³/mol. The average Bonchev–Trinajstić information content (AvgIpc) is 2.85. The molecule has 20 heavy (non-hydrogen) atoms. The Morgan fingerprint density at radius 3 is 2.60 bits per heavy atom. The standard InChI is InChI=1S/C14H21N5O/c1-9(14(2,3)4)19-13(16-17-18-19)11-7-6-10(15)8-12(11)20-5/h6-9H,15H2,1-5H3. The van der Waals surface area contributed by atoms with Crippen LogP contribution in [0.25, 0.3) is 11.4 Å². The number of aromatic nitrogens is 4.